The van der Waals surface area contributed by atoms with Gasteiger partial charge >= 0.3 is 0 Å². The molecule has 0 aliphatic carbocycles. The van der Waals surface area contributed by atoms with Crippen molar-refractivity contribution in [3.63, 3.8) is 0 Å². The Bertz CT molecular complexity index is 807. The predicted octanol–water partition coefficient (Wildman–Crippen LogP) is 2.73. The molecular weight excluding hydrogens is 333 g/mol. The quantitative estimate of drug-likeness (QED) is 0.612. The molecule has 6 heteroatoms. The Hall–Kier alpha value is -2.65. The van der Waals surface area contributed by atoms with Crippen LogP contribution in [0.1, 0.15) is 23.3 Å². The number of hydrogen-bond donors (Lipinski definition) is 0. The number of benzene rings is 1. The van der Waals surface area contributed by atoms with E-state index in [0.717, 1.165) is 24.9 Å². The summed E-state index contributed by atoms with van der Waals surface area (Å²) >= 11 is 0. The molecule has 1 fully saturated rings. The summed E-state index contributed by atoms with van der Waals surface area (Å²) in [5, 5.41) is 4.41. The van der Waals surface area contributed by atoms with E-state index in [-0.39, 0.29) is 11.7 Å². The van der Waals surface area contributed by atoms with Gasteiger partial charge in [0, 0.05) is 31.6 Å². The van der Waals surface area contributed by atoms with Crippen LogP contribution in [0.25, 0.3) is 11.3 Å². The van der Waals surface area contributed by atoms with Crippen molar-refractivity contribution in [2.24, 2.45) is 13.0 Å². The van der Waals surface area contributed by atoms with E-state index in [4.69, 9.17) is 11.2 Å². The number of carbonyl (C=O) groups is 1. The smallest absolute Gasteiger partial charge is 0.272 e. The van der Waals surface area contributed by atoms with Gasteiger partial charge in [-0.15, -0.1) is 6.42 Å². The maximum atomic E-state index is 13.1. The third kappa shape index (κ3) is 4.12. The highest BCUT2D eigenvalue weighted by molar-refractivity contribution is 5.93. The van der Waals surface area contributed by atoms with Crippen LogP contribution >= 0.6 is 0 Å². The third-order valence-electron chi connectivity index (χ3n) is 4.58. The van der Waals surface area contributed by atoms with Crippen LogP contribution < -0.4 is 0 Å². The van der Waals surface area contributed by atoms with Gasteiger partial charge in [0.1, 0.15) is 18.1 Å². The Balaban J connectivity index is 1.71. The molecule has 5 nitrogen and oxygen atoms in total. The normalized spacial score (nSPS) is 17.1. The molecule has 0 spiro atoms. The maximum absolute atomic E-state index is 13.1. The monoisotopic (exact) mass is 355 g/mol. The SMILES string of the molecule is C#CCOCC1CCCN(C(=O)c2cc(-c3ccc(F)cc3)nn2C)C1. The number of hydrogen-bond acceptors (Lipinski definition) is 3. The van der Waals surface area contributed by atoms with Gasteiger partial charge in [-0.1, -0.05) is 5.92 Å². The number of terminal acetylenes is 1. The molecule has 1 amide bonds. The van der Waals surface area contributed by atoms with Crippen molar-refractivity contribution in [3.8, 4) is 23.6 Å². The Morgan fingerprint density at radius 2 is 2.19 bits per heavy atom. The molecule has 0 N–H and O–H groups in total. The second-order valence-electron chi connectivity index (χ2n) is 6.52. The second kappa shape index (κ2) is 8.15. The molecule has 2 aromatic rings. The lowest BCUT2D eigenvalue weighted by Crippen LogP contribution is -2.41. The van der Waals surface area contributed by atoms with E-state index in [1.165, 1.54) is 12.1 Å². The van der Waals surface area contributed by atoms with Crippen molar-refractivity contribution in [1.29, 1.82) is 0 Å². The molecule has 1 atom stereocenters. The van der Waals surface area contributed by atoms with E-state index in [1.807, 2.05) is 4.90 Å². The number of carbonyl (C=O) groups excluding carboxylic acids is 1. The number of nitrogens with zero attached hydrogens (tertiary/aromatic N) is 3. The molecule has 26 heavy (non-hydrogen) atoms. The lowest BCUT2D eigenvalue weighted by molar-refractivity contribution is 0.0525. The first-order valence-corrected chi connectivity index (χ1v) is 8.69. The van der Waals surface area contributed by atoms with Crippen LogP contribution in [0.4, 0.5) is 4.39 Å². The molecule has 1 aliphatic rings. The van der Waals surface area contributed by atoms with Crippen molar-refractivity contribution >= 4 is 5.91 Å². The van der Waals surface area contributed by atoms with E-state index in [0.29, 0.717) is 37.1 Å². The zero-order chi connectivity index (χ0) is 18.5. The molecule has 1 saturated heterocycles. The van der Waals surface area contributed by atoms with Gasteiger partial charge in [0.2, 0.25) is 0 Å². The predicted molar refractivity (Wildman–Crippen MR) is 96.9 cm³/mol. The van der Waals surface area contributed by atoms with Gasteiger partial charge in [-0.25, -0.2) is 4.39 Å². The summed E-state index contributed by atoms with van der Waals surface area (Å²) in [6.07, 6.45) is 7.17. The number of rotatable bonds is 5. The number of likely N-dealkylation sites (tertiary alicyclic amines) is 1. The third-order valence-corrected chi connectivity index (χ3v) is 4.58. The second-order valence-corrected chi connectivity index (χ2v) is 6.52. The Morgan fingerprint density at radius 3 is 2.92 bits per heavy atom. The van der Waals surface area contributed by atoms with Gasteiger partial charge in [-0.2, -0.15) is 5.10 Å². The van der Waals surface area contributed by atoms with Gasteiger partial charge in [0.05, 0.1) is 12.3 Å². The zero-order valence-corrected chi connectivity index (χ0v) is 14.8. The van der Waals surface area contributed by atoms with Crippen LogP contribution in [-0.4, -0.2) is 46.9 Å². The first-order valence-electron chi connectivity index (χ1n) is 8.69. The molecule has 3 rings (SSSR count). The van der Waals surface area contributed by atoms with Crippen LogP contribution in [-0.2, 0) is 11.8 Å². The molecule has 1 unspecified atom stereocenters. The number of amides is 1. The standard InChI is InChI=1S/C20H22FN3O2/c1-3-11-26-14-15-5-4-10-24(13-15)20(25)19-12-18(22-23(19)2)16-6-8-17(21)9-7-16/h1,6-9,12,15H,4-5,10-11,13-14H2,2H3. The fraction of sp³-hybridized carbons (Fsp3) is 0.400. The van der Waals surface area contributed by atoms with Crippen molar-refractivity contribution in [2.45, 2.75) is 12.8 Å². The van der Waals surface area contributed by atoms with Gasteiger partial charge < -0.3 is 9.64 Å². The maximum Gasteiger partial charge on any atom is 0.272 e. The molecule has 1 aromatic carbocycles. The van der Waals surface area contributed by atoms with Gasteiger partial charge in [-0.05, 0) is 43.2 Å². The number of halogens is 1. The minimum atomic E-state index is -0.299. The van der Waals surface area contributed by atoms with Crippen LogP contribution in [0.5, 0.6) is 0 Å². The van der Waals surface area contributed by atoms with Crippen LogP contribution in [0.3, 0.4) is 0 Å². The first kappa shape index (κ1) is 18.2. The molecule has 1 aliphatic heterocycles. The average Bonchev–Trinajstić information content (AvgIpc) is 3.04. The van der Waals surface area contributed by atoms with Crippen molar-refractivity contribution in [3.05, 3.63) is 41.8 Å². The molecule has 136 valence electrons. The summed E-state index contributed by atoms with van der Waals surface area (Å²) < 4.78 is 20.1. The van der Waals surface area contributed by atoms with Gasteiger partial charge in [0.25, 0.3) is 5.91 Å². The fourth-order valence-corrected chi connectivity index (χ4v) is 3.26. The summed E-state index contributed by atoms with van der Waals surface area (Å²) in [7, 11) is 1.75. The molecule has 0 radical (unpaired) electrons. The number of piperidine rings is 1. The minimum Gasteiger partial charge on any atom is -0.368 e. The highest BCUT2D eigenvalue weighted by Crippen LogP contribution is 2.22. The van der Waals surface area contributed by atoms with E-state index in [9.17, 15) is 9.18 Å². The lowest BCUT2D eigenvalue weighted by atomic mass is 9.98. The van der Waals surface area contributed by atoms with E-state index < -0.39 is 0 Å². The minimum absolute atomic E-state index is 0.0463. The molecular formula is C20H22FN3O2. The van der Waals surface area contributed by atoms with Gasteiger partial charge in [-0.3, -0.25) is 9.48 Å². The van der Waals surface area contributed by atoms with E-state index in [2.05, 4.69) is 11.0 Å². The number of aromatic nitrogens is 2. The molecule has 1 aromatic heterocycles. The summed E-state index contributed by atoms with van der Waals surface area (Å²) in [6.45, 7) is 2.25. The number of aryl methyl sites for hydroxylation is 1. The highest BCUT2D eigenvalue weighted by Gasteiger charge is 2.26. The van der Waals surface area contributed by atoms with Gasteiger partial charge in [0.15, 0.2) is 0 Å². The highest BCUT2D eigenvalue weighted by atomic mass is 19.1. The summed E-state index contributed by atoms with van der Waals surface area (Å²) in [5.41, 5.74) is 1.96. The fourth-order valence-electron chi connectivity index (χ4n) is 3.26. The number of ether oxygens (including phenoxy) is 1. The van der Waals surface area contributed by atoms with Crippen LogP contribution in [0.2, 0.25) is 0 Å². The molecule has 2 heterocycles. The molecule has 0 bridgehead atoms. The lowest BCUT2D eigenvalue weighted by Gasteiger charge is -2.32. The van der Waals surface area contributed by atoms with Crippen LogP contribution in [0.15, 0.2) is 30.3 Å². The van der Waals surface area contributed by atoms with Crippen molar-refractivity contribution in [1.82, 2.24) is 14.7 Å². The summed E-state index contributed by atoms with van der Waals surface area (Å²) in [5.74, 6) is 2.41. The topological polar surface area (TPSA) is 47.4 Å². The summed E-state index contributed by atoms with van der Waals surface area (Å²) in [4.78, 5) is 14.8. The van der Waals surface area contributed by atoms with E-state index >= 15 is 0 Å². The Morgan fingerprint density at radius 1 is 1.42 bits per heavy atom. The Labute approximate surface area is 152 Å². The van der Waals surface area contributed by atoms with Crippen LogP contribution in [0, 0.1) is 24.1 Å². The average molecular weight is 355 g/mol. The first-order chi connectivity index (χ1) is 12.6. The van der Waals surface area contributed by atoms with E-state index in [1.54, 1.807) is 29.9 Å². The Kier molecular flexibility index (Phi) is 5.69. The van der Waals surface area contributed by atoms with Crippen molar-refractivity contribution in [2.75, 3.05) is 26.3 Å². The largest absolute Gasteiger partial charge is 0.368 e. The molecule has 0 saturated carbocycles. The summed E-state index contributed by atoms with van der Waals surface area (Å²) in [6, 6.07) is 7.85. The van der Waals surface area contributed by atoms with Crippen molar-refractivity contribution < 1.29 is 13.9 Å². The zero-order valence-electron chi connectivity index (χ0n) is 14.8.